The number of nitrogens with zero attached hydrogens (tertiary/aromatic N) is 2. The lowest BCUT2D eigenvalue weighted by Crippen LogP contribution is -2.70. The number of carbonyl (C=O) groups is 2. The fourth-order valence-corrected chi connectivity index (χ4v) is 11.5. The summed E-state index contributed by atoms with van der Waals surface area (Å²) >= 11 is 0. The van der Waals surface area contributed by atoms with E-state index in [1.54, 1.807) is 54.6 Å². The van der Waals surface area contributed by atoms with E-state index in [0.717, 1.165) is 24.0 Å². The van der Waals surface area contributed by atoms with Gasteiger partial charge in [-0.3, -0.25) is 10.1 Å². The first kappa shape index (κ1) is 51.9. The second-order valence-corrected chi connectivity index (χ2v) is 20.3. The Kier molecular flexibility index (Phi) is 17.4. The topological polar surface area (TPSA) is 204 Å². The number of unbranched alkanes of at least 4 members (excludes halogenated alkanes) is 2. The number of allylic oxidation sites excluding steroid dienone is 1. The fourth-order valence-electron chi connectivity index (χ4n) is 9.74. The monoisotopic (exact) mass is 960 g/mol. The third-order valence-electron chi connectivity index (χ3n) is 12.5. The molecule has 68 heavy (non-hydrogen) atoms. The summed E-state index contributed by atoms with van der Waals surface area (Å²) in [6, 6.07) is 15.2. The number of methoxy groups -OCH3 is 2. The molecule has 1 fully saturated rings. The molecule has 6 atom stereocenters. The molecule has 2 amide bonds. The summed E-state index contributed by atoms with van der Waals surface area (Å²) in [5, 5.41) is 30.3. The van der Waals surface area contributed by atoms with Crippen LogP contribution in [-0.2, 0) is 24.4 Å². The molecule has 0 aromatic heterocycles. The molecule has 6 unspecified atom stereocenters. The lowest BCUT2D eigenvalue weighted by Gasteiger charge is -2.59. The molecule has 1 aliphatic heterocycles. The minimum atomic E-state index is -4.31. The van der Waals surface area contributed by atoms with Gasteiger partial charge in [-0.15, -0.1) is 6.58 Å². The van der Waals surface area contributed by atoms with Gasteiger partial charge in [0.15, 0.2) is 0 Å². The zero-order chi connectivity index (χ0) is 49.2. The molecule has 1 saturated carbocycles. The molecule has 0 saturated heterocycles. The van der Waals surface area contributed by atoms with Crippen LogP contribution in [0.15, 0.2) is 95.0 Å². The number of aliphatic hydroxyl groups excluding tert-OH is 2. The highest BCUT2D eigenvalue weighted by Crippen LogP contribution is 2.62. The van der Waals surface area contributed by atoms with E-state index in [1.165, 1.54) is 37.6 Å². The van der Waals surface area contributed by atoms with Crippen molar-refractivity contribution in [1.29, 1.82) is 0 Å². The second-order valence-electron chi connectivity index (χ2n) is 18.4. The van der Waals surface area contributed by atoms with Gasteiger partial charge >= 0.3 is 6.09 Å². The number of hydrogen-bond acceptors (Lipinski definition) is 13. The number of aliphatic hydroxyl groups is 2. The maximum atomic E-state index is 15.3. The third-order valence-corrected chi connectivity index (χ3v) is 14.4. The number of oxime groups is 1. The Morgan fingerprint density at radius 3 is 2.29 bits per heavy atom. The number of rotatable bonds is 22. The van der Waals surface area contributed by atoms with E-state index in [1.807, 2.05) is 27.7 Å². The Bertz CT molecular complexity index is 2420. The molecule has 0 bridgehead atoms. The first-order chi connectivity index (χ1) is 32.5. The van der Waals surface area contributed by atoms with Crippen molar-refractivity contribution >= 4 is 39.1 Å². The molecule has 16 nitrogen and oxygen atoms in total. The maximum absolute atomic E-state index is 15.3. The van der Waals surface area contributed by atoms with Crippen molar-refractivity contribution in [3.05, 3.63) is 90.5 Å². The van der Waals surface area contributed by atoms with E-state index in [4.69, 9.17) is 33.7 Å². The van der Waals surface area contributed by atoms with Crippen LogP contribution in [0.2, 0.25) is 0 Å². The number of benzene rings is 3. The number of ether oxygens (including phenoxy) is 5. The highest BCUT2D eigenvalue weighted by atomic mass is 32.2. The number of hydrogen-bond donors (Lipinski definition) is 4. The molecule has 2 aliphatic carbocycles. The number of fused-ring (bicyclic) bond motifs is 2. The van der Waals surface area contributed by atoms with Crippen molar-refractivity contribution in [1.82, 2.24) is 4.31 Å². The van der Waals surface area contributed by atoms with E-state index in [9.17, 15) is 19.8 Å². The van der Waals surface area contributed by atoms with Gasteiger partial charge in [-0.2, -0.15) is 4.31 Å². The molecule has 0 radical (unpaired) electrons. The lowest BCUT2D eigenvalue weighted by molar-refractivity contribution is -0.251. The van der Waals surface area contributed by atoms with Crippen molar-refractivity contribution < 1.29 is 56.7 Å². The average Bonchev–Trinajstić information content (AvgIpc) is 3.30. The summed E-state index contributed by atoms with van der Waals surface area (Å²) in [5.41, 5.74) is 2.17. The van der Waals surface area contributed by atoms with Crippen LogP contribution in [0, 0.1) is 17.8 Å². The van der Waals surface area contributed by atoms with E-state index in [0.29, 0.717) is 66.4 Å². The molecular formula is C51H68N4O12S. The Labute approximate surface area is 400 Å². The average molecular weight is 961 g/mol. The SMILES string of the molecule is C=CCOC12Oc3ccc(OC(=O)Nc4ccc(OC)cc4OC)cc3C3C(CCCCO)C(CCCCO)C=C(C(=NOC(C)(C)C)CC1N(CCC)S(=O)(=O)c1ccc(NC(C)=O)cc1)C32. The van der Waals surface area contributed by atoms with Gasteiger partial charge in [-0.1, -0.05) is 37.1 Å². The van der Waals surface area contributed by atoms with Gasteiger partial charge in [0.05, 0.1) is 49.1 Å². The summed E-state index contributed by atoms with van der Waals surface area (Å²) in [7, 11) is -1.29. The second kappa shape index (κ2) is 22.8. The van der Waals surface area contributed by atoms with Crippen LogP contribution in [0.3, 0.4) is 0 Å². The molecule has 3 aromatic rings. The van der Waals surface area contributed by atoms with Gasteiger partial charge in [0, 0.05) is 56.3 Å². The Hall–Kier alpha value is -5.46. The summed E-state index contributed by atoms with van der Waals surface area (Å²) < 4.78 is 63.1. The largest absolute Gasteiger partial charge is 0.497 e. The highest BCUT2D eigenvalue weighted by Gasteiger charge is 2.66. The number of nitrogens with one attached hydrogen (secondary N) is 2. The Balaban J connectivity index is 1.58. The predicted molar refractivity (Wildman–Crippen MR) is 260 cm³/mol. The van der Waals surface area contributed by atoms with Gasteiger partial charge in [0.25, 0.3) is 0 Å². The molecule has 6 rings (SSSR count). The van der Waals surface area contributed by atoms with Crippen molar-refractivity contribution in [2.45, 2.75) is 114 Å². The maximum Gasteiger partial charge on any atom is 0.417 e. The predicted octanol–water partition coefficient (Wildman–Crippen LogP) is 8.81. The van der Waals surface area contributed by atoms with Crippen LogP contribution in [0.25, 0.3) is 0 Å². The minimum Gasteiger partial charge on any atom is -0.497 e. The van der Waals surface area contributed by atoms with E-state index in [2.05, 4.69) is 23.3 Å². The highest BCUT2D eigenvalue weighted by molar-refractivity contribution is 7.89. The van der Waals surface area contributed by atoms with Crippen molar-refractivity contribution in [3.8, 4) is 23.0 Å². The molecule has 3 aliphatic rings. The molecule has 0 spiro atoms. The smallest absolute Gasteiger partial charge is 0.417 e. The number of carbonyl (C=O) groups excluding carboxylic acids is 2. The quantitative estimate of drug-likeness (QED) is 0.0424. The first-order valence-electron chi connectivity index (χ1n) is 23.4. The molecule has 370 valence electrons. The van der Waals surface area contributed by atoms with E-state index >= 15 is 8.42 Å². The van der Waals surface area contributed by atoms with Crippen LogP contribution in [-0.4, -0.2) is 98.7 Å². The molecule has 3 aromatic carbocycles. The van der Waals surface area contributed by atoms with Crippen molar-refractivity contribution in [3.63, 3.8) is 0 Å². The van der Waals surface area contributed by atoms with Gasteiger partial charge in [-0.05, 0) is 125 Å². The summed E-state index contributed by atoms with van der Waals surface area (Å²) in [6.07, 6.45) is 7.53. The summed E-state index contributed by atoms with van der Waals surface area (Å²) in [5.74, 6) is -1.73. The van der Waals surface area contributed by atoms with Gasteiger partial charge in [0.1, 0.15) is 28.6 Å². The van der Waals surface area contributed by atoms with Gasteiger partial charge in [-0.25, -0.2) is 13.2 Å². The molecule has 4 N–H and O–H groups in total. The fraction of sp³-hybridized carbons (Fsp3) is 0.510. The lowest BCUT2D eigenvalue weighted by atomic mass is 9.55. The third kappa shape index (κ3) is 11.7. The standard InChI is InChI=1S/C51H68N4O12S/c1-9-25-55(68(60,61)38-21-17-35(18-22-38)52-33(3)58)46-32-43(54-67-50(4,5)6)40-29-34(15-11-13-26-56)39(16-12-14-27-57)47-41-30-37(20-24-44(41)66-51(46,48(40)47)64-28-10-2)65-49(59)53-42-23-19-36(62-7)31-45(42)63-8/h10,17-24,29-31,34,39,46-48,56-57H,2,9,11-16,25-28,32H2,1,3-8H3,(H,52,58)(H,53,59). The zero-order valence-electron chi connectivity index (χ0n) is 40.3. The first-order valence-corrected chi connectivity index (χ1v) is 24.8. The normalized spacial score (nSPS) is 22.5. The summed E-state index contributed by atoms with van der Waals surface area (Å²) in [4.78, 5) is 31.7. The number of sulfonamides is 1. The van der Waals surface area contributed by atoms with Crippen LogP contribution in [0.5, 0.6) is 23.0 Å². The van der Waals surface area contributed by atoms with Crippen molar-refractivity contribution in [2.24, 2.45) is 22.9 Å². The molecular weight excluding hydrogens is 893 g/mol. The van der Waals surface area contributed by atoms with Gasteiger partial charge < -0.3 is 44.1 Å². The van der Waals surface area contributed by atoms with Crippen LogP contribution < -0.4 is 29.6 Å². The van der Waals surface area contributed by atoms with Crippen LogP contribution in [0.1, 0.15) is 97.5 Å². The Morgan fingerprint density at radius 1 is 0.956 bits per heavy atom. The minimum absolute atomic E-state index is 0.00399. The van der Waals surface area contributed by atoms with E-state index < -0.39 is 45.4 Å². The zero-order valence-corrected chi connectivity index (χ0v) is 41.1. The summed E-state index contributed by atoms with van der Waals surface area (Å²) in [6.45, 7) is 13.1. The molecule has 17 heteroatoms. The number of amides is 2. The Morgan fingerprint density at radius 2 is 1.66 bits per heavy atom. The van der Waals surface area contributed by atoms with Crippen LogP contribution in [0.4, 0.5) is 16.2 Å². The molecule has 1 heterocycles. The number of anilines is 2. The van der Waals surface area contributed by atoms with Crippen molar-refractivity contribution in [2.75, 3.05) is 51.2 Å². The van der Waals surface area contributed by atoms with Crippen LogP contribution >= 0.6 is 0 Å². The van der Waals surface area contributed by atoms with Gasteiger partial charge in [0.2, 0.25) is 21.7 Å². The van der Waals surface area contributed by atoms with E-state index in [-0.39, 0.29) is 61.2 Å².